The summed E-state index contributed by atoms with van der Waals surface area (Å²) in [5, 5.41) is 5.63. The molecular formula is C16H27N3O2. The van der Waals surface area contributed by atoms with Gasteiger partial charge in [0.25, 0.3) is 0 Å². The van der Waals surface area contributed by atoms with Crippen molar-refractivity contribution in [3.05, 3.63) is 30.3 Å². The van der Waals surface area contributed by atoms with E-state index in [4.69, 9.17) is 4.74 Å². The van der Waals surface area contributed by atoms with Gasteiger partial charge in [0.1, 0.15) is 12.4 Å². The number of nitrogens with one attached hydrogen (secondary N) is 2. The molecule has 2 N–H and O–H groups in total. The van der Waals surface area contributed by atoms with Gasteiger partial charge in [0.05, 0.1) is 6.54 Å². The SMILES string of the molecule is CCN(CC)CCCNC(=O)NCCOc1ccccc1. The lowest BCUT2D eigenvalue weighted by molar-refractivity contribution is 0.235. The first-order valence-electron chi connectivity index (χ1n) is 7.68. The highest BCUT2D eigenvalue weighted by Crippen LogP contribution is 2.07. The molecule has 0 bridgehead atoms. The molecule has 0 fully saturated rings. The molecule has 0 saturated carbocycles. The van der Waals surface area contributed by atoms with Crippen molar-refractivity contribution in [2.75, 3.05) is 39.3 Å². The predicted octanol–water partition coefficient (Wildman–Crippen LogP) is 2.10. The molecule has 5 nitrogen and oxygen atoms in total. The highest BCUT2D eigenvalue weighted by Gasteiger charge is 2.01. The van der Waals surface area contributed by atoms with E-state index in [-0.39, 0.29) is 6.03 Å². The van der Waals surface area contributed by atoms with E-state index >= 15 is 0 Å². The van der Waals surface area contributed by atoms with Crippen LogP contribution in [0.2, 0.25) is 0 Å². The van der Waals surface area contributed by atoms with E-state index < -0.39 is 0 Å². The summed E-state index contributed by atoms with van der Waals surface area (Å²) in [5.74, 6) is 0.818. The van der Waals surface area contributed by atoms with Gasteiger partial charge in [0.2, 0.25) is 0 Å². The number of ether oxygens (including phenoxy) is 1. The van der Waals surface area contributed by atoms with Crippen LogP contribution in [0, 0.1) is 0 Å². The number of rotatable bonds is 10. The fourth-order valence-corrected chi connectivity index (χ4v) is 1.96. The molecule has 0 radical (unpaired) electrons. The molecule has 0 heterocycles. The number of hydrogen-bond donors (Lipinski definition) is 2. The van der Waals surface area contributed by atoms with Crippen molar-refractivity contribution in [1.82, 2.24) is 15.5 Å². The van der Waals surface area contributed by atoms with Crippen LogP contribution in [0.1, 0.15) is 20.3 Å². The zero-order valence-electron chi connectivity index (χ0n) is 13.1. The molecule has 0 saturated heterocycles. The van der Waals surface area contributed by atoms with E-state index in [1.54, 1.807) is 0 Å². The summed E-state index contributed by atoms with van der Waals surface area (Å²) in [6.45, 7) is 9.09. The quantitative estimate of drug-likeness (QED) is 0.650. The molecular weight excluding hydrogens is 266 g/mol. The van der Waals surface area contributed by atoms with E-state index in [0.717, 1.165) is 31.8 Å². The third kappa shape index (κ3) is 8.19. The molecule has 118 valence electrons. The Balaban J connectivity index is 1.99. The topological polar surface area (TPSA) is 53.6 Å². The summed E-state index contributed by atoms with van der Waals surface area (Å²) < 4.78 is 5.49. The summed E-state index contributed by atoms with van der Waals surface area (Å²) in [7, 11) is 0. The highest BCUT2D eigenvalue weighted by atomic mass is 16.5. The van der Waals surface area contributed by atoms with Crippen molar-refractivity contribution in [3.8, 4) is 5.75 Å². The van der Waals surface area contributed by atoms with Crippen molar-refractivity contribution in [2.24, 2.45) is 0 Å². The molecule has 0 unspecified atom stereocenters. The molecule has 2 amide bonds. The zero-order valence-corrected chi connectivity index (χ0v) is 13.1. The number of para-hydroxylation sites is 1. The van der Waals surface area contributed by atoms with Crippen LogP contribution in [0.4, 0.5) is 4.79 Å². The molecule has 1 aromatic rings. The number of hydrogen-bond acceptors (Lipinski definition) is 3. The Morgan fingerprint density at radius 1 is 1.10 bits per heavy atom. The van der Waals surface area contributed by atoms with Crippen molar-refractivity contribution in [2.45, 2.75) is 20.3 Å². The first kappa shape index (κ1) is 17.3. The number of benzene rings is 1. The third-order valence-corrected chi connectivity index (χ3v) is 3.23. The van der Waals surface area contributed by atoms with Crippen molar-refractivity contribution >= 4 is 6.03 Å². The van der Waals surface area contributed by atoms with Gasteiger partial charge in [-0.1, -0.05) is 32.0 Å². The monoisotopic (exact) mass is 293 g/mol. The standard InChI is InChI=1S/C16H27N3O2/c1-3-19(4-2)13-8-11-17-16(20)18-12-14-21-15-9-6-5-7-10-15/h5-7,9-10H,3-4,8,11-14H2,1-2H3,(H2,17,18,20). The van der Waals surface area contributed by atoms with Crippen molar-refractivity contribution in [3.63, 3.8) is 0 Å². The lowest BCUT2D eigenvalue weighted by Crippen LogP contribution is -2.39. The molecule has 1 aromatic carbocycles. The molecule has 0 aliphatic carbocycles. The molecule has 21 heavy (non-hydrogen) atoms. The molecule has 0 aliphatic rings. The van der Waals surface area contributed by atoms with Gasteiger partial charge in [0.15, 0.2) is 0 Å². The number of amides is 2. The van der Waals surface area contributed by atoms with E-state index in [1.165, 1.54) is 0 Å². The molecule has 0 atom stereocenters. The normalized spacial score (nSPS) is 10.4. The van der Waals surface area contributed by atoms with E-state index in [9.17, 15) is 4.79 Å². The summed E-state index contributed by atoms with van der Waals surface area (Å²) >= 11 is 0. The highest BCUT2D eigenvalue weighted by molar-refractivity contribution is 5.73. The van der Waals surface area contributed by atoms with Crippen molar-refractivity contribution in [1.29, 1.82) is 0 Å². The molecule has 0 aliphatic heterocycles. The lowest BCUT2D eigenvalue weighted by atomic mass is 10.3. The number of carbonyl (C=O) groups is 1. The first-order chi connectivity index (χ1) is 10.3. The van der Waals surface area contributed by atoms with E-state index in [2.05, 4.69) is 29.4 Å². The lowest BCUT2D eigenvalue weighted by Gasteiger charge is -2.17. The molecule has 1 rings (SSSR count). The minimum atomic E-state index is -0.133. The maximum Gasteiger partial charge on any atom is 0.314 e. The average molecular weight is 293 g/mol. The van der Waals surface area contributed by atoms with Crippen LogP contribution in [-0.4, -0.2) is 50.3 Å². The molecule has 0 spiro atoms. The Kier molecular flexibility index (Phi) is 9.04. The van der Waals surface area contributed by atoms with Crippen molar-refractivity contribution < 1.29 is 9.53 Å². The average Bonchev–Trinajstić information content (AvgIpc) is 2.53. The first-order valence-corrected chi connectivity index (χ1v) is 7.68. The van der Waals surface area contributed by atoms with Crippen LogP contribution >= 0.6 is 0 Å². The minimum Gasteiger partial charge on any atom is -0.492 e. The van der Waals surface area contributed by atoms with Crippen LogP contribution in [-0.2, 0) is 0 Å². The van der Waals surface area contributed by atoms with Gasteiger partial charge in [-0.05, 0) is 38.2 Å². The fraction of sp³-hybridized carbons (Fsp3) is 0.562. The Morgan fingerprint density at radius 3 is 2.43 bits per heavy atom. The second-order valence-electron chi connectivity index (χ2n) is 4.72. The number of urea groups is 1. The minimum absolute atomic E-state index is 0.133. The zero-order chi connectivity index (χ0) is 15.3. The Morgan fingerprint density at radius 2 is 1.76 bits per heavy atom. The van der Waals surface area contributed by atoms with Gasteiger partial charge in [-0.15, -0.1) is 0 Å². The van der Waals surface area contributed by atoms with Gasteiger partial charge in [-0.25, -0.2) is 4.79 Å². The van der Waals surface area contributed by atoms with Crippen LogP contribution in [0.25, 0.3) is 0 Å². The van der Waals surface area contributed by atoms with Crippen LogP contribution < -0.4 is 15.4 Å². The smallest absolute Gasteiger partial charge is 0.314 e. The van der Waals surface area contributed by atoms with Gasteiger partial charge in [-0.3, -0.25) is 0 Å². The maximum atomic E-state index is 11.5. The van der Waals surface area contributed by atoms with Gasteiger partial charge >= 0.3 is 6.03 Å². The molecule has 5 heteroatoms. The van der Waals surface area contributed by atoms with Gasteiger partial charge < -0.3 is 20.3 Å². The summed E-state index contributed by atoms with van der Waals surface area (Å²) in [6, 6.07) is 9.44. The predicted molar refractivity (Wildman–Crippen MR) is 85.7 cm³/mol. The largest absolute Gasteiger partial charge is 0.492 e. The second-order valence-corrected chi connectivity index (χ2v) is 4.72. The van der Waals surface area contributed by atoms with Crippen LogP contribution in [0.3, 0.4) is 0 Å². The number of nitrogens with zero attached hydrogens (tertiary/aromatic N) is 1. The van der Waals surface area contributed by atoms with Crippen LogP contribution in [0.5, 0.6) is 5.75 Å². The Hall–Kier alpha value is -1.75. The maximum absolute atomic E-state index is 11.5. The third-order valence-electron chi connectivity index (χ3n) is 3.23. The second kappa shape index (κ2) is 11.0. The van der Waals surface area contributed by atoms with E-state index in [0.29, 0.717) is 19.7 Å². The van der Waals surface area contributed by atoms with Gasteiger partial charge in [0, 0.05) is 6.54 Å². The fourth-order valence-electron chi connectivity index (χ4n) is 1.96. The Labute approximate surface area is 127 Å². The summed E-state index contributed by atoms with van der Waals surface area (Å²) in [6.07, 6.45) is 0.968. The number of carbonyl (C=O) groups excluding carboxylic acids is 1. The van der Waals surface area contributed by atoms with Gasteiger partial charge in [-0.2, -0.15) is 0 Å². The molecule has 0 aromatic heterocycles. The summed E-state index contributed by atoms with van der Waals surface area (Å²) in [5.41, 5.74) is 0. The van der Waals surface area contributed by atoms with E-state index in [1.807, 2.05) is 30.3 Å². The van der Waals surface area contributed by atoms with Crippen LogP contribution in [0.15, 0.2) is 30.3 Å². The Bertz CT molecular complexity index is 380. The summed E-state index contributed by atoms with van der Waals surface area (Å²) in [4.78, 5) is 13.9.